The highest BCUT2D eigenvalue weighted by Crippen LogP contribution is 2.33. The summed E-state index contributed by atoms with van der Waals surface area (Å²) in [6, 6.07) is 3.95. The van der Waals surface area contributed by atoms with Crippen LogP contribution in [0.4, 0.5) is 18.9 Å². The third-order valence-corrected chi connectivity index (χ3v) is 3.04. The van der Waals surface area contributed by atoms with Crippen LogP contribution in [0.3, 0.4) is 0 Å². The van der Waals surface area contributed by atoms with E-state index in [4.69, 9.17) is 0 Å². The number of carbonyl (C=O) groups is 1. The van der Waals surface area contributed by atoms with Gasteiger partial charge in [-0.2, -0.15) is 13.2 Å². The second kappa shape index (κ2) is 7.33. The Morgan fingerprint density at radius 2 is 1.95 bits per heavy atom. The van der Waals surface area contributed by atoms with Crippen molar-refractivity contribution in [1.82, 2.24) is 5.32 Å². The highest BCUT2D eigenvalue weighted by molar-refractivity contribution is 5.80. The minimum atomic E-state index is -4.39. The molecule has 1 aromatic rings. The number of rotatable bonds is 6. The lowest BCUT2D eigenvalue weighted by atomic mass is 10.1. The Balaban J connectivity index is 2.54. The Kier molecular flexibility index (Phi) is 6.05. The molecular weight excluding hydrogens is 281 g/mol. The molecule has 0 fully saturated rings. The number of alkyl halides is 3. The predicted molar refractivity (Wildman–Crippen MR) is 77.1 cm³/mol. The first-order chi connectivity index (χ1) is 9.70. The highest BCUT2D eigenvalue weighted by atomic mass is 19.4. The summed E-state index contributed by atoms with van der Waals surface area (Å²) in [6.07, 6.45) is -3.52. The maximum atomic E-state index is 12.8. The topological polar surface area (TPSA) is 41.1 Å². The molecule has 118 valence electrons. The van der Waals surface area contributed by atoms with E-state index < -0.39 is 11.7 Å². The van der Waals surface area contributed by atoms with Crippen LogP contribution in [0, 0.1) is 12.8 Å². The number of hydrogen-bond donors (Lipinski definition) is 2. The summed E-state index contributed by atoms with van der Waals surface area (Å²) in [4.78, 5) is 11.6. The van der Waals surface area contributed by atoms with E-state index in [-0.39, 0.29) is 23.7 Å². The number of carbonyl (C=O) groups excluding carboxylic acids is 1. The summed E-state index contributed by atoms with van der Waals surface area (Å²) in [5.41, 5.74) is -0.242. The van der Waals surface area contributed by atoms with E-state index in [9.17, 15) is 18.0 Å². The first-order valence-electron chi connectivity index (χ1n) is 6.88. The molecule has 1 amide bonds. The number of halogens is 3. The van der Waals surface area contributed by atoms with Gasteiger partial charge in [0.25, 0.3) is 0 Å². The minimum Gasteiger partial charge on any atom is -0.376 e. The second-order valence-corrected chi connectivity index (χ2v) is 5.41. The molecule has 21 heavy (non-hydrogen) atoms. The molecule has 6 heteroatoms. The molecule has 0 unspecified atom stereocenters. The van der Waals surface area contributed by atoms with Gasteiger partial charge in [0.05, 0.1) is 12.1 Å². The molecule has 3 nitrogen and oxygen atoms in total. The zero-order chi connectivity index (χ0) is 16.0. The van der Waals surface area contributed by atoms with E-state index in [1.165, 1.54) is 19.1 Å². The van der Waals surface area contributed by atoms with Crippen LogP contribution in [-0.4, -0.2) is 19.0 Å². The summed E-state index contributed by atoms with van der Waals surface area (Å²) in [7, 11) is 0. The highest BCUT2D eigenvalue weighted by Gasteiger charge is 2.32. The van der Waals surface area contributed by atoms with Crippen molar-refractivity contribution in [2.75, 3.05) is 18.4 Å². The van der Waals surface area contributed by atoms with Crippen LogP contribution in [0.2, 0.25) is 0 Å². The molecule has 1 aromatic carbocycles. The summed E-state index contributed by atoms with van der Waals surface area (Å²) in [5.74, 6) is 0.259. The lowest BCUT2D eigenvalue weighted by Crippen LogP contribution is -2.31. The van der Waals surface area contributed by atoms with Crippen molar-refractivity contribution in [1.29, 1.82) is 0 Å². The quantitative estimate of drug-likeness (QED) is 0.843. The molecule has 0 heterocycles. The number of nitrogens with one attached hydrogen (secondary N) is 2. The van der Waals surface area contributed by atoms with E-state index in [2.05, 4.69) is 24.5 Å². The van der Waals surface area contributed by atoms with Gasteiger partial charge in [-0.25, -0.2) is 0 Å². The molecule has 0 aromatic heterocycles. The molecule has 0 saturated heterocycles. The maximum absolute atomic E-state index is 12.8. The van der Waals surface area contributed by atoms with Gasteiger partial charge in [-0.3, -0.25) is 4.79 Å². The van der Waals surface area contributed by atoms with Crippen molar-refractivity contribution in [3.05, 3.63) is 29.3 Å². The minimum absolute atomic E-state index is 0.0432. The first-order valence-corrected chi connectivity index (χ1v) is 6.88. The fourth-order valence-corrected chi connectivity index (χ4v) is 1.78. The molecular formula is C15H21F3N2O. The molecule has 0 bridgehead atoms. The second-order valence-electron chi connectivity index (χ2n) is 5.41. The van der Waals surface area contributed by atoms with Crippen molar-refractivity contribution in [2.45, 2.75) is 33.4 Å². The fraction of sp³-hybridized carbons (Fsp3) is 0.533. The molecule has 1 rings (SSSR count). The van der Waals surface area contributed by atoms with Gasteiger partial charge < -0.3 is 10.6 Å². The molecule has 0 saturated carbocycles. The van der Waals surface area contributed by atoms with Gasteiger partial charge in [0.2, 0.25) is 5.91 Å². The van der Waals surface area contributed by atoms with Crippen LogP contribution >= 0.6 is 0 Å². The van der Waals surface area contributed by atoms with Crippen molar-refractivity contribution in [3.63, 3.8) is 0 Å². The normalized spacial score (nSPS) is 11.6. The van der Waals surface area contributed by atoms with Gasteiger partial charge >= 0.3 is 6.18 Å². The van der Waals surface area contributed by atoms with Crippen LogP contribution < -0.4 is 10.6 Å². The number of aryl methyl sites for hydroxylation is 1. The summed E-state index contributed by atoms with van der Waals surface area (Å²) < 4.78 is 38.3. The average Bonchev–Trinajstić information content (AvgIpc) is 2.36. The smallest absolute Gasteiger partial charge is 0.376 e. The van der Waals surface area contributed by atoms with Crippen LogP contribution in [-0.2, 0) is 11.0 Å². The van der Waals surface area contributed by atoms with Gasteiger partial charge in [0.15, 0.2) is 0 Å². The summed E-state index contributed by atoms with van der Waals surface area (Å²) >= 11 is 0. The third-order valence-electron chi connectivity index (χ3n) is 3.04. The number of amides is 1. The molecule has 0 spiro atoms. The van der Waals surface area contributed by atoms with Gasteiger partial charge in [-0.1, -0.05) is 19.9 Å². The number of hydrogen-bond acceptors (Lipinski definition) is 2. The van der Waals surface area contributed by atoms with Gasteiger partial charge in [0.1, 0.15) is 0 Å². The molecule has 2 N–H and O–H groups in total. The van der Waals surface area contributed by atoms with E-state index in [1.54, 1.807) is 0 Å². The zero-order valence-corrected chi connectivity index (χ0v) is 12.5. The standard InChI is InChI=1S/C15H21F3N2O/c1-10(2)6-7-19-14(21)9-20-12-5-4-11(3)13(8-12)15(16,17)18/h4-5,8,10,20H,6-7,9H2,1-3H3,(H,19,21). The van der Waals surface area contributed by atoms with Crippen LogP contribution in [0.25, 0.3) is 0 Å². The average molecular weight is 302 g/mol. The largest absolute Gasteiger partial charge is 0.416 e. The van der Waals surface area contributed by atoms with Crippen LogP contribution in [0.1, 0.15) is 31.4 Å². The Morgan fingerprint density at radius 3 is 2.52 bits per heavy atom. The Bertz CT molecular complexity index is 484. The van der Waals surface area contributed by atoms with Crippen LogP contribution in [0.15, 0.2) is 18.2 Å². The Morgan fingerprint density at radius 1 is 1.29 bits per heavy atom. The van der Waals surface area contributed by atoms with E-state index in [0.29, 0.717) is 12.5 Å². The molecule has 0 aliphatic carbocycles. The predicted octanol–water partition coefficient (Wildman–Crippen LogP) is 3.59. The lowest BCUT2D eigenvalue weighted by Gasteiger charge is -2.13. The third kappa shape index (κ3) is 6.06. The lowest BCUT2D eigenvalue weighted by molar-refractivity contribution is -0.138. The summed E-state index contributed by atoms with van der Waals surface area (Å²) in [6.45, 7) is 6.04. The molecule has 0 atom stereocenters. The Hall–Kier alpha value is -1.72. The summed E-state index contributed by atoms with van der Waals surface area (Å²) in [5, 5.41) is 5.43. The number of benzene rings is 1. The molecule has 0 aliphatic heterocycles. The SMILES string of the molecule is Cc1ccc(NCC(=O)NCCC(C)C)cc1C(F)(F)F. The van der Waals surface area contributed by atoms with Crippen molar-refractivity contribution >= 4 is 11.6 Å². The fourth-order valence-electron chi connectivity index (χ4n) is 1.78. The molecule has 0 radical (unpaired) electrons. The van der Waals surface area contributed by atoms with E-state index in [0.717, 1.165) is 12.5 Å². The van der Waals surface area contributed by atoms with Crippen molar-refractivity contribution in [3.8, 4) is 0 Å². The van der Waals surface area contributed by atoms with Gasteiger partial charge in [-0.15, -0.1) is 0 Å². The van der Waals surface area contributed by atoms with Gasteiger partial charge in [0, 0.05) is 12.2 Å². The van der Waals surface area contributed by atoms with E-state index >= 15 is 0 Å². The van der Waals surface area contributed by atoms with Gasteiger partial charge in [-0.05, 0) is 37.0 Å². The first kappa shape index (κ1) is 17.3. The number of anilines is 1. The van der Waals surface area contributed by atoms with Crippen molar-refractivity contribution < 1.29 is 18.0 Å². The Labute approximate surface area is 122 Å². The molecule has 0 aliphatic rings. The van der Waals surface area contributed by atoms with E-state index in [1.807, 2.05) is 0 Å². The van der Waals surface area contributed by atoms with Crippen LogP contribution in [0.5, 0.6) is 0 Å². The van der Waals surface area contributed by atoms with Crippen molar-refractivity contribution in [2.24, 2.45) is 5.92 Å². The zero-order valence-electron chi connectivity index (χ0n) is 12.5. The maximum Gasteiger partial charge on any atom is 0.416 e. The monoisotopic (exact) mass is 302 g/mol.